The molecule has 0 bridgehead atoms. The molecule has 0 amide bonds. The fourth-order valence-electron chi connectivity index (χ4n) is 2.05. The zero-order valence-electron chi connectivity index (χ0n) is 13.7. The van der Waals surface area contributed by atoms with Crippen LogP contribution in [0.15, 0.2) is 36.4 Å². The summed E-state index contributed by atoms with van der Waals surface area (Å²) in [4.78, 5) is 26.2. The molecule has 9 nitrogen and oxygen atoms in total. The van der Waals surface area contributed by atoms with Crippen molar-refractivity contribution in [1.29, 1.82) is 0 Å². The largest absolute Gasteiger partial charge is 0.396 e. The maximum Gasteiger partial charge on any atom is 0.270 e. The highest BCUT2D eigenvalue weighted by Crippen LogP contribution is 2.24. The number of nitrogens with zero attached hydrogens (tertiary/aromatic N) is 4. The van der Waals surface area contributed by atoms with E-state index in [1.807, 2.05) is 0 Å². The van der Waals surface area contributed by atoms with Gasteiger partial charge < -0.3 is 5.11 Å². The molecule has 0 saturated heterocycles. The predicted octanol–water partition coefficient (Wildman–Crippen LogP) is 4.13. The van der Waals surface area contributed by atoms with Crippen molar-refractivity contribution in [3.63, 3.8) is 0 Å². The van der Waals surface area contributed by atoms with Crippen LogP contribution >= 0.6 is 0 Å². The van der Waals surface area contributed by atoms with E-state index in [9.17, 15) is 20.2 Å². The third-order valence-corrected chi connectivity index (χ3v) is 3.28. The zero-order chi connectivity index (χ0) is 19.7. The molecule has 1 N–H and O–H groups in total. The van der Waals surface area contributed by atoms with E-state index in [1.165, 1.54) is 36.4 Å². The fourth-order valence-corrected chi connectivity index (χ4v) is 2.05. The molecule has 0 aliphatic heterocycles. The summed E-state index contributed by atoms with van der Waals surface area (Å²) in [6.45, 7) is 14.9. The Morgan fingerprint density at radius 1 is 0.962 bits per heavy atom. The molecule has 2 rings (SSSR count). The van der Waals surface area contributed by atoms with Crippen LogP contribution in [0.5, 0.6) is 0 Å². The van der Waals surface area contributed by atoms with Gasteiger partial charge in [0.1, 0.15) is 0 Å². The van der Waals surface area contributed by atoms with Crippen LogP contribution in [-0.2, 0) is 6.42 Å². The Labute approximate surface area is 149 Å². The Bertz CT molecular complexity index is 912. The van der Waals surface area contributed by atoms with Crippen LogP contribution < -0.4 is 0 Å². The third-order valence-electron chi connectivity index (χ3n) is 3.28. The summed E-state index contributed by atoms with van der Waals surface area (Å²) in [5.74, 6) is 0. The van der Waals surface area contributed by atoms with E-state index in [0.29, 0.717) is 22.5 Å². The number of hydrogen-bond donors (Lipinski definition) is 1. The lowest BCUT2D eigenvalue weighted by atomic mass is 10.1. The van der Waals surface area contributed by atoms with Gasteiger partial charge in [-0.25, -0.2) is 9.69 Å². The highest BCUT2D eigenvalue weighted by molar-refractivity contribution is 5.55. The number of rotatable bonds is 4. The molecule has 2 aromatic carbocycles. The molecule has 0 atom stereocenters. The van der Waals surface area contributed by atoms with Crippen LogP contribution in [0.3, 0.4) is 0 Å². The molecule has 0 fully saturated rings. The van der Waals surface area contributed by atoms with Gasteiger partial charge in [0.05, 0.1) is 23.0 Å². The maximum absolute atomic E-state index is 10.5. The van der Waals surface area contributed by atoms with Gasteiger partial charge in [-0.15, -0.1) is 0 Å². The van der Waals surface area contributed by atoms with Gasteiger partial charge in [-0.05, 0) is 31.2 Å². The fraction of sp³-hybridized carbons (Fsp3) is 0.176. The van der Waals surface area contributed by atoms with Crippen molar-refractivity contribution in [2.75, 3.05) is 6.61 Å². The second-order valence-corrected chi connectivity index (χ2v) is 5.00. The summed E-state index contributed by atoms with van der Waals surface area (Å²) < 4.78 is 0. The zero-order valence-corrected chi connectivity index (χ0v) is 13.7. The monoisotopic (exact) mass is 354 g/mol. The van der Waals surface area contributed by atoms with E-state index in [-0.39, 0.29) is 24.4 Å². The number of nitro benzene ring substituents is 2. The lowest BCUT2D eigenvalue weighted by Crippen LogP contribution is -1.97. The van der Waals surface area contributed by atoms with Gasteiger partial charge in [0.25, 0.3) is 11.4 Å². The SMILES string of the molecule is [C-]#[N+]c1ccc([N+](=O)[O-])c(C)c1.[C-]#[N+]c1ccc([N+](=O)[O-])c(CCO)c1. The van der Waals surface area contributed by atoms with Crippen LogP contribution in [0.25, 0.3) is 9.69 Å². The van der Waals surface area contributed by atoms with Crippen molar-refractivity contribution < 1.29 is 15.0 Å². The van der Waals surface area contributed by atoms with Crippen LogP contribution in [-0.4, -0.2) is 21.6 Å². The molecule has 0 aliphatic carbocycles. The second kappa shape index (κ2) is 9.47. The van der Waals surface area contributed by atoms with E-state index in [0.717, 1.165) is 0 Å². The molecule has 0 aromatic heterocycles. The van der Waals surface area contributed by atoms with E-state index in [1.54, 1.807) is 6.92 Å². The summed E-state index contributed by atoms with van der Waals surface area (Å²) in [5.41, 5.74) is 1.70. The first kappa shape index (κ1) is 20.2. The molecule has 0 spiro atoms. The number of aryl methyl sites for hydroxylation is 1. The minimum absolute atomic E-state index is 0.0496. The Hall–Kier alpha value is -3.82. The van der Waals surface area contributed by atoms with Crippen molar-refractivity contribution in [2.24, 2.45) is 0 Å². The maximum atomic E-state index is 10.5. The number of aliphatic hydroxyl groups is 1. The van der Waals surface area contributed by atoms with E-state index >= 15 is 0 Å². The molecule has 0 radical (unpaired) electrons. The highest BCUT2D eigenvalue weighted by atomic mass is 16.6. The lowest BCUT2D eigenvalue weighted by molar-refractivity contribution is -0.385. The van der Waals surface area contributed by atoms with Crippen molar-refractivity contribution >= 4 is 22.7 Å². The van der Waals surface area contributed by atoms with E-state index in [2.05, 4.69) is 9.69 Å². The predicted molar refractivity (Wildman–Crippen MR) is 94.2 cm³/mol. The van der Waals surface area contributed by atoms with Crippen LogP contribution in [0.4, 0.5) is 22.7 Å². The molecule has 0 heterocycles. The average Bonchev–Trinajstić information content (AvgIpc) is 2.61. The van der Waals surface area contributed by atoms with Crippen LogP contribution in [0.1, 0.15) is 11.1 Å². The van der Waals surface area contributed by atoms with E-state index in [4.69, 9.17) is 18.3 Å². The van der Waals surface area contributed by atoms with E-state index < -0.39 is 9.85 Å². The topological polar surface area (TPSA) is 115 Å². The van der Waals surface area contributed by atoms with Gasteiger partial charge in [-0.3, -0.25) is 20.2 Å². The first-order valence-electron chi connectivity index (χ1n) is 7.22. The molecule has 0 unspecified atom stereocenters. The summed E-state index contributed by atoms with van der Waals surface area (Å²) >= 11 is 0. The van der Waals surface area contributed by atoms with Crippen LogP contribution in [0, 0.1) is 40.3 Å². The average molecular weight is 354 g/mol. The number of nitro groups is 2. The van der Waals surface area contributed by atoms with Gasteiger partial charge in [-0.1, -0.05) is 0 Å². The molecule has 0 aliphatic rings. The minimum atomic E-state index is -0.515. The summed E-state index contributed by atoms with van der Waals surface area (Å²) in [6.07, 6.45) is 0.194. The Balaban J connectivity index is 0.000000263. The van der Waals surface area contributed by atoms with Crippen molar-refractivity contribution in [3.05, 3.63) is 90.6 Å². The quantitative estimate of drug-likeness (QED) is 0.503. The second-order valence-electron chi connectivity index (χ2n) is 5.00. The molecule has 0 saturated carbocycles. The van der Waals surface area contributed by atoms with Gasteiger partial charge >= 0.3 is 0 Å². The smallest absolute Gasteiger partial charge is 0.270 e. The first-order chi connectivity index (χ1) is 12.3. The molecule has 132 valence electrons. The Morgan fingerprint density at radius 2 is 1.46 bits per heavy atom. The Kier molecular flexibility index (Phi) is 7.37. The summed E-state index contributed by atoms with van der Waals surface area (Å²) in [6, 6.07) is 8.41. The summed E-state index contributed by atoms with van der Waals surface area (Å²) in [5, 5.41) is 29.6. The summed E-state index contributed by atoms with van der Waals surface area (Å²) in [7, 11) is 0. The van der Waals surface area contributed by atoms with Gasteiger partial charge in [0, 0.05) is 36.3 Å². The molecular formula is C17H14N4O5. The van der Waals surface area contributed by atoms with Gasteiger partial charge in [0.15, 0.2) is 11.4 Å². The van der Waals surface area contributed by atoms with Crippen molar-refractivity contribution in [1.82, 2.24) is 0 Å². The number of aliphatic hydroxyl groups excluding tert-OH is 1. The minimum Gasteiger partial charge on any atom is -0.396 e. The van der Waals surface area contributed by atoms with Gasteiger partial charge in [0.2, 0.25) is 0 Å². The number of benzene rings is 2. The Morgan fingerprint density at radius 3 is 1.88 bits per heavy atom. The third kappa shape index (κ3) is 5.37. The lowest BCUT2D eigenvalue weighted by Gasteiger charge is -2.00. The van der Waals surface area contributed by atoms with Gasteiger partial charge in [-0.2, -0.15) is 0 Å². The van der Waals surface area contributed by atoms with Crippen molar-refractivity contribution in [3.8, 4) is 0 Å². The molecule has 26 heavy (non-hydrogen) atoms. The molecule has 9 heteroatoms. The molecular weight excluding hydrogens is 340 g/mol. The number of hydrogen-bond acceptors (Lipinski definition) is 5. The normalized spacial score (nSPS) is 9.23. The highest BCUT2D eigenvalue weighted by Gasteiger charge is 2.13. The standard InChI is InChI=1S/C9H8N2O3.C8H6N2O2/c1-10-8-2-3-9(11(13)14)7(6-8)4-5-12;1-6-5-7(9-2)3-4-8(6)10(11)12/h2-3,6,12H,4-5H2;3-5H,1H3. The van der Waals surface area contributed by atoms with Crippen LogP contribution in [0.2, 0.25) is 0 Å². The van der Waals surface area contributed by atoms with Crippen molar-refractivity contribution in [2.45, 2.75) is 13.3 Å². The molecule has 2 aromatic rings. The first-order valence-corrected chi connectivity index (χ1v) is 7.22.